The van der Waals surface area contributed by atoms with Crippen molar-refractivity contribution in [3.8, 4) is 0 Å². The molecule has 0 radical (unpaired) electrons. The molecule has 2 atom stereocenters. The Morgan fingerprint density at radius 1 is 1.45 bits per heavy atom. The summed E-state index contributed by atoms with van der Waals surface area (Å²) in [6.45, 7) is 3.20. The summed E-state index contributed by atoms with van der Waals surface area (Å²) in [5, 5.41) is 0. The molecule has 0 unspecified atom stereocenters. The van der Waals surface area contributed by atoms with Crippen molar-refractivity contribution in [2.24, 2.45) is 11.7 Å². The van der Waals surface area contributed by atoms with Gasteiger partial charge < -0.3 is 10.6 Å². The second kappa shape index (κ2) is 6.04. The third-order valence-corrected chi connectivity index (χ3v) is 3.71. The number of likely N-dealkylation sites (tertiary alicyclic amines) is 1. The van der Waals surface area contributed by atoms with Crippen LogP contribution in [0.4, 0.5) is 0 Å². The van der Waals surface area contributed by atoms with Crippen LogP contribution in [0.3, 0.4) is 0 Å². The van der Waals surface area contributed by atoms with Crippen molar-refractivity contribution in [1.29, 1.82) is 0 Å². The van der Waals surface area contributed by atoms with Gasteiger partial charge in [-0.3, -0.25) is 19.1 Å². The average Bonchev–Trinajstić information content (AvgIpc) is 2.75. The second-order valence-corrected chi connectivity index (χ2v) is 5.25. The molecule has 0 bridgehead atoms. The molecule has 7 nitrogen and oxygen atoms in total. The third kappa shape index (κ3) is 3.16. The number of hydrogen-bond donors (Lipinski definition) is 2. The van der Waals surface area contributed by atoms with E-state index in [4.69, 9.17) is 5.73 Å². The molecule has 7 heteroatoms. The Kier molecular flexibility index (Phi) is 4.39. The standard InChI is InChI=1S/C13H20N4O3/c1-2-3-9-6-17(7-10(9)14)12(19)8-16-5-4-11(18)15-13(16)20/h4-5,9-10H,2-3,6-8,14H2,1H3,(H,15,18,20)/t9-,10-/m0/s1. The normalized spacial score (nSPS) is 22.2. The molecule has 1 aromatic rings. The molecule has 2 heterocycles. The van der Waals surface area contributed by atoms with Crippen LogP contribution < -0.4 is 17.0 Å². The largest absolute Gasteiger partial charge is 0.339 e. The fraction of sp³-hybridized carbons (Fsp3) is 0.615. The van der Waals surface area contributed by atoms with Gasteiger partial charge in [-0.15, -0.1) is 0 Å². The maximum absolute atomic E-state index is 12.2. The van der Waals surface area contributed by atoms with E-state index in [2.05, 4.69) is 11.9 Å². The molecular weight excluding hydrogens is 260 g/mol. The van der Waals surface area contributed by atoms with Crippen LogP contribution >= 0.6 is 0 Å². The van der Waals surface area contributed by atoms with E-state index in [-0.39, 0.29) is 18.5 Å². The molecule has 20 heavy (non-hydrogen) atoms. The Labute approximate surface area is 116 Å². The van der Waals surface area contributed by atoms with Gasteiger partial charge in [0.1, 0.15) is 6.54 Å². The topological polar surface area (TPSA) is 101 Å². The number of nitrogens with two attached hydrogens (primary N) is 1. The highest BCUT2D eigenvalue weighted by atomic mass is 16.2. The summed E-state index contributed by atoms with van der Waals surface area (Å²) >= 11 is 0. The Morgan fingerprint density at radius 3 is 2.85 bits per heavy atom. The lowest BCUT2D eigenvalue weighted by molar-refractivity contribution is -0.131. The maximum Gasteiger partial charge on any atom is 0.328 e. The number of H-pyrrole nitrogens is 1. The Hall–Kier alpha value is -1.89. The maximum atomic E-state index is 12.2. The van der Waals surface area contributed by atoms with Gasteiger partial charge in [0.15, 0.2) is 0 Å². The predicted molar refractivity (Wildman–Crippen MR) is 74.3 cm³/mol. The molecule has 1 fully saturated rings. The fourth-order valence-electron chi connectivity index (χ4n) is 2.59. The van der Waals surface area contributed by atoms with E-state index < -0.39 is 11.2 Å². The highest BCUT2D eigenvalue weighted by molar-refractivity contribution is 5.76. The minimum absolute atomic E-state index is 0.00574. The first kappa shape index (κ1) is 14.5. The summed E-state index contributed by atoms with van der Waals surface area (Å²) in [4.78, 5) is 38.5. The van der Waals surface area contributed by atoms with Gasteiger partial charge in [-0.25, -0.2) is 4.79 Å². The van der Waals surface area contributed by atoms with Gasteiger partial charge in [0.25, 0.3) is 5.56 Å². The molecule has 1 saturated heterocycles. The second-order valence-electron chi connectivity index (χ2n) is 5.25. The van der Waals surface area contributed by atoms with E-state index in [1.807, 2.05) is 0 Å². The van der Waals surface area contributed by atoms with Crippen LogP contribution in [0.1, 0.15) is 19.8 Å². The van der Waals surface area contributed by atoms with Gasteiger partial charge in [-0.05, 0) is 12.3 Å². The average molecular weight is 280 g/mol. The predicted octanol–water partition coefficient (Wildman–Crippen LogP) is -0.878. The summed E-state index contributed by atoms with van der Waals surface area (Å²) in [7, 11) is 0. The first-order valence-electron chi connectivity index (χ1n) is 6.84. The van der Waals surface area contributed by atoms with E-state index in [1.54, 1.807) is 4.90 Å². The lowest BCUT2D eigenvalue weighted by Crippen LogP contribution is -2.38. The van der Waals surface area contributed by atoms with Crippen LogP contribution in [-0.2, 0) is 11.3 Å². The highest BCUT2D eigenvalue weighted by Gasteiger charge is 2.32. The van der Waals surface area contributed by atoms with E-state index in [1.165, 1.54) is 16.8 Å². The number of amides is 1. The molecule has 2 rings (SSSR count). The van der Waals surface area contributed by atoms with Crippen molar-refractivity contribution in [3.05, 3.63) is 33.1 Å². The number of nitrogens with one attached hydrogen (secondary N) is 1. The molecule has 1 aromatic heterocycles. The number of aromatic amines is 1. The van der Waals surface area contributed by atoms with Crippen LogP contribution in [0.25, 0.3) is 0 Å². The molecule has 3 N–H and O–H groups in total. The van der Waals surface area contributed by atoms with Crippen molar-refractivity contribution in [2.45, 2.75) is 32.4 Å². The van der Waals surface area contributed by atoms with Crippen LogP contribution in [0.5, 0.6) is 0 Å². The Morgan fingerprint density at radius 2 is 2.20 bits per heavy atom. The summed E-state index contributed by atoms with van der Waals surface area (Å²) in [6, 6.07) is 1.23. The van der Waals surface area contributed by atoms with Gasteiger partial charge in [0.2, 0.25) is 5.91 Å². The molecule has 0 aliphatic carbocycles. The molecular formula is C13H20N4O3. The zero-order chi connectivity index (χ0) is 14.7. The highest BCUT2D eigenvalue weighted by Crippen LogP contribution is 2.20. The lowest BCUT2D eigenvalue weighted by Gasteiger charge is -2.16. The summed E-state index contributed by atoms with van der Waals surface area (Å²) in [5.74, 6) is 0.185. The van der Waals surface area contributed by atoms with Crippen molar-refractivity contribution >= 4 is 5.91 Å². The number of carbonyl (C=O) groups is 1. The number of rotatable bonds is 4. The van der Waals surface area contributed by atoms with Gasteiger partial charge in [-0.2, -0.15) is 0 Å². The third-order valence-electron chi connectivity index (χ3n) is 3.71. The molecule has 1 aliphatic rings. The monoisotopic (exact) mass is 280 g/mol. The minimum atomic E-state index is -0.570. The molecule has 0 aromatic carbocycles. The molecule has 1 amide bonds. The summed E-state index contributed by atoms with van der Waals surface area (Å²) < 4.78 is 1.20. The van der Waals surface area contributed by atoms with Crippen LogP contribution in [0, 0.1) is 5.92 Å². The van der Waals surface area contributed by atoms with E-state index in [0.717, 1.165) is 12.8 Å². The smallest absolute Gasteiger partial charge is 0.328 e. The van der Waals surface area contributed by atoms with Crippen LogP contribution in [-0.4, -0.2) is 39.5 Å². The van der Waals surface area contributed by atoms with Gasteiger partial charge in [0, 0.05) is 31.4 Å². The number of nitrogens with zero attached hydrogens (tertiary/aromatic N) is 2. The summed E-state index contributed by atoms with van der Waals surface area (Å²) in [5.41, 5.74) is 4.99. The van der Waals surface area contributed by atoms with Crippen molar-refractivity contribution < 1.29 is 4.79 Å². The van der Waals surface area contributed by atoms with Gasteiger partial charge in [-0.1, -0.05) is 13.3 Å². The molecule has 110 valence electrons. The van der Waals surface area contributed by atoms with E-state index >= 15 is 0 Å². The van der Waals surface area contributed by atoms with E-state index in [9.17, 15) is 14.4 Å². The molecule has 0 saturated carbocycles. The van der Waals surface area contributed by atoms with Gasteiger partial charge in [0.05, 0.1) is 0 Å². The first-order chi connectivity index (χ1) is 9.51. The number of carbonyl (C=O) groups excluding carboxylic acids is 1. The quantitative estimate of drug-likeness (QED) is 0.748. The SMILES string of the molecule is CCC[C@H]1CN(C(=O)Cn2ccc(=O)[nH]c2=O)C[C@@H]1N. The first-order valence-corrected chi connectivity index (χ1v) is 6.84. The zero-order valence-corrected chi connectivity index (χ0v) is 11.5. The Bertz CT molecular complexity index is 592. The number of aromatic nitrogens is 2. The van der Waals surface area contributed by atoms with Crippen molar-refractivity contribution in [3.63, 3.8) is 0 Å². The fourth-order valence-corrected chi connectivity index (χ4v) is 2.59. The minimum Gasteiger partial charge on any atom is -0.339 e. The summed E-state index contributed by atoms with van der Waals surface area (Å²) in [6.07, 6.45) is 3.38. The van der Waals surface area contributed by atoms with Crippen LogP contribution in [0.15, 0.2) is 21.9 Å². The van der Waals surface area contributed by atoms with Crippen LogP contribution in [0.2, 0.25) is 0 Å². The zero-order valence-electron chi connectivity index (χ0n) is 11.5. The molecule has 0 spiro atoms. The van der Waals surface area contributed by atoms with Crippen molar-refractivity contribution in [2.75, 3.05) is 13.1 Å². The Balaban J connectivity index is 2.02. The van der Waals surface area contributed by atoms with E-state index in [0.29, 0.717) is 19.0 Å². The lowest BCUT2D eigenvalue weighted by atomic mass is 9.99. The number of hydrogen-bond acceptors (Lipinski definition) is 4. The van der Waals surface area contributed by atoms with Gasteiger partial charge >= 0.3 is 5.69 Å². The van der Waals surface area contributed by atoms with Crippen molar-refractivity contribution in [1.82, 2.24) is 14.5 Å². The molecule has 1 aliphatic heterocycles.